The maximum absolute atomic E-state index is 12.2. The molecule has 2 aromatic heterocycles. The van der Waals surface area contributed by atoms with Gasteiger partial charge in [0.1, 0.15) is 12.1 Å². The van der Waals surface area contributed by atoms with Crippen LogP contribution in [-0.4, -0.2) is 72.8 Å². The molecule has 2 atom stereocenters. The van der Waals surface area contributed by atoms with E-state index < -0.39 is 42.4 Å². The number of amides is 2. The summed E-state index contributed by atoms with van der Waals surface area (Å²) in [7, 11) is 0. The van der Waals surface area contributed by atoms with Gasteiger partial charge < -0.3 is 26.0 Å². The van der Waals surface area contributed by atoms with Crippen LogP contribution in [-0.2, 0) is 27.5 Å². The van der Waals surface area contributed by atoms with Crippen LogP contribution in [0.1, 0.15) is 30.7 Å². The van der Waals surface area contributed by atoms with E-state index in [9.17, 15) is 24.3 Å². The van der Waals surface area contributed by atoms with Crippen molar-refractivity contribution >= 4 is 23.9 Å². The molecule has 34 heavy (non-hydrogen) atoms. The number of aromatic nitrogens is 2. The number of carboxylic acid groups (broad SMARTS) is 3. The zero-order valence-electron chi connectivity index (χ0n) is 18.3. The van der Waals surface area contributed by atoms with Gasteiger partial charge in [0.2, 0.25) is 0 Å². The van der Waals surface area contributed by atoms with Gasteiger partial charge in [0.05, 0.1) is 11.4 Å². The maximum Gasteiger partial charge on any atom is 0.326 e. The molecule has 0 aromatic carbocycles. The summed E-state index contributed by atoms with van der Waals surface area (Å²) >= 11 is 0. The summed E-state index contributed by atoms with van der Waals surface area (Å²) in [4.78, 5) is 56.4. The monoisotopic (exact) mass is 473 g/mol. The summed E-state index contributed by atoms with van der Waals surface area (Å²) < 4.78 is 0. The van der Waals surface area contributed by atoms with E-state index in [1.54, 1.807) is 24.5 Å². The van der Waals surface area contributed by atoms with Gasteiger partial charge in [-0.2, -0.15) is 0 Å². The standard InChI is InChI=1S/C22H27N5O7/c28-19(29)8-7-17(20(30)31)25-22(34)26-18(21(32)33)9-12-27(13-15-5-1-3-10-23-15)14-16-6-2-4-11-24-16/h1-6,10-11,17-18H,7-9,12-14H2,(H,28,29)(H,30,31)(H,32,33)(H2,25,26,34)/t17-,18-/m0/s1. The summed E-state index contributed by atoms with van der Waals surface area (Å²) in [6.07, 6.45) is 2.54. The van der Waals surface area contributed by atoms with Crippen LogP contribution in [0.25, 0.3) is 0 Å². The molecule has 182 valence electrons. The Kier molecular flexibility index (Phi) is 10.4. The number of nitrogens with zero attached hydrogens (tertiary/aromatic N) is 3. The van der Waals surface area contributed by atoms with Crippen LogP contribution >= 0.6 is 0 Å². The van der Waals surface area contributed by atoms with Crippen molar-refractivity contribution in [3.63, 3.8) is 0 Å². The molecule has 0 aliphatic carbocycles. The van der Waals surface area contributed by atoms with Crippen molar-refractivity contribution in [2.24, 2.45) is 0 Å². The van der Waals surface area contributed by atoms with Crippen molar-refractivity contribution in [3.8, 4) is 0 Å². The molecule has 2 rings (SSSR count). The molecule has 0 saturated carbocycles. The zero-order chi connectivity index (χ0) is 24.9. The summed E-state index contributed by atoms with van der Waals surface area (Å²) in [5.41, 5.74) is 1.55. The second-order valence-corrected chi connectivity index (χ2v) is 7.47. The molecule has 12 nitrogen and oxygen atoms in total. The van der Waals surface area contributed by atoms with Crippen molar-refractivity contribution in [2.45, 2.75) is 44.4 Å². The van der Waals surface area contributed by atoms with E-state index in [2.05, 4.69) is 20.6 Å². The molecule has 0 radical (unpaired) electrons. The molecular formula is C22H27N5O7. The second-order valence-electron chi connectivity index (χ2n) is 7.47. The molecule has 5 N–H and O–H groups in total. The zero-order valence-corrected chi connectivity index (χ0v) is 18.3. The second kappa shape index (κ2) is 13.5. The van der Waals surface area contributed by atoms with Crippen LogP contribution in [0, 0.1) is 0 Å². The Hall–Kier alpha value is -4.06. The van der Waals surface area contributed by atoms with Gasteiger partial charge >= 0.3 is 23.9 Å². The molecule has 0 saturated heterocycles. The van der Waals surface area contributed by atoms with Gasteiger partial charge in [-0.3, -0.25) is 19.7 Å². The third-order valence-corrected chi connectivity index (χ3v) is 4.81. The van der Waals surface area contributed by atoms with E-state index in [4.69, 9.17) is 10.2 Å². The maximum atomic E-state index is 12.2. The van der Waals surface area contributed by atoms with Gasteiger partial charge in [-0.05, 0) is 37.1 Å². The van der Waals surface area contributed by atoms with Crippen molar-refractivity contribution in [1.82, 2.24) is 25.5 Å². The summed E-state index contributed by atoms with van der Waals surface area (Å²) in [5.74, 6) is -3.92. The molecule has 0 spiro atoms. The number of pyridine rings is 2. The fourth-order valence-corrected chi connectivity index (χ4v) is 3.11. The molecule has 0 aliphatic heterocycles. The van der Waals surface area contributed by atoms with Gasteiger partial charge in [-0.1, -0.05) is 12.1 Å². The Morgan fingerprint density at radius 1 is 0.794 bits per heavy atom. The molecule has 0 unspecified atom stereocenters. The summed E-state index contributed by atoms with van der Waals surface area (Å²) in [6.45, 7) is 1.12. The molecule has 0 aliphatic rings. The molecule has 2 heterocycles. The highest BCUT2D eigenvalue weighted by Gasteiger charge is 2.25. The van der Waals surface area contributed by atoms with Crippen molar-refractivity contribution in [1.29, 1.82) is 0 Å². The Balaban J connectivity index is 2.01. The minimum atomic E-state index is -1.46. The van der Waals surface area contributed by atoms with Crippen LogP contribution in [0.15, 0.2) is 48.8 Å². The van der Waals surface area contributed by atoms with Gasteiger partial charge in [-0.25, -0.2) is 14.4 Å². The normalized spacial score (nSPS) is 12.5. The first kappa shape index (κ1) is 26.2. The number of carbonyl (C=O) groups is 4. The minimum Gasteiger partial charge on any atom is -0.481 e. The average Bonchev–Trinajstić information content (AvgIpc) is 2.80. The highest BCUT2D eigenvalue weighted by molar-refractivity contribution is 5.86. The van der Waals surface area contributed by atoms with Crippen LogP contribution < -0.4 is 10.6 Å². The van der Waals surface area contributed by atoms with E-state index in [0.29, 0.717) is 13.1 Å². The van der Waals surface area contributed by atoms with Crippen molar-refractivity contribution in [3.05, 3.63) is 60.2 Å². The number of urea groups is 1. The largest absolute Gasteiger partial charge is 0.481 e. The highest BCUT2D eigenvalue weighted by atomic mass is 16.4. The third kappa shape index (κ3) is 9.61. The first-order chi connectivity index (χ1) is 16.2. The molecule has 0 bridgehead atoms. The molecule has 2 amide bonds. The van der Waals surface area contributed by atoms with Crippen LogP contribution in [0.4, 0.5) is 4.79 Å². The lowest BCUT2D eigenvalue weighted by Gasteiger charge is -2.24. The lowest BCUT2D eigenvalue weighted by molar-refractivity contribution is -0.140. The average molecular weight is 473 g/mol. The quantitative estimate of drug-likeness (QED) is 0.265. The van der Waals surface area contributed by atoms with Gasteiger partial charge in [-0.15, -0.1) is 0 Å². The number of nitrogens with one attached hydrogen (secondary N) is 2. The Morgan fingerprint density at radius 3 is 1.71 bits per heavy atom. The highest BCUT2D eigenvalue weighted by Crippen LogP contribution is 2.09. The van der Waals surface area contributed by atoms with E-state index >= 15 is 0 Å². The van der Waals surface area contributed by atoms with Crippen LogP contribution in [0.5, 0.6) is 0 Å². The Labute approximate surface area is 195 Å². The van der Waals surface area contributed by atoms with E-state index in [-0.39, 0.29) is 19.4 Å². The lowest BCUT2D eigenvalue weighted by Crippen LogP contribution is -2.51. The van der Waals surface area contributed by atoms with Crippen LogP contribution in [0.3, 0.4) is 0 Å². The number of carbonyl (C=O) groups excluding carboxylic acids is 1. The summed E-state index contributed by atoms with van der Waals surface area (Å²) in [5, 5.41) is 31.8. The first-order valence-electron chi connectivity index (χ1n) is 10.5. The fourth-order valence-electron chi connectivity index (χ4n) is 3.11. The predicted molar refractivity (Wildman–Crippen MR) is 119 cm³/mol. The smallest absolute Gasteiger partial charge is 0.326 e. The number of carboxylic acids is 3. The molecule has 0 fully saturated rings. The number of aliphatic carboxylic acids is 3. The SMILES string of the molecule is O=C(O)CC[C@H](NC(=O)N[C@@H](CCN(Cc1ccccn1)Cc1ccccn1)C(=O)O)C(=O)O. The van der Waals surface area contributed by atoms with Gasteiger partial charge in [0.25, 0.3) is 0 Å². The Bertz CT molecular complexity index is 917. The number of hydrogen-bond acceptors (Lipinski definition) is 7. The van der Waals surface area contributed by atoms with E-state index in [0.717, 1.165) is 11.4 Å². The van der Waals surface area contributed by atoms with Crippen LogP contribution in [0.2, 0.25) is 0 Å². The lowest BCUT2D eigenvalue weighted by atomic mass is 10.1. The molecule has 12 heteroatoms. The van der Waals surface area contributed by atoms with Gasteiger partial charge in [0, 0.05) is 38.4 Å². The summed E-state index contributed by atoms with van der Waals surface area (Å²) in [6, 6.07) is 7.18. The Morgan fingerprint density at radius 2 is 1.29 bits per heavy atom. The first-order valence-corrected chi connectivity index (χ1v) is 10.5. The predicted octanol–water partition coefficient (Wildman–Crippen LogP) is 0.939. The number of hydrogen-bond donors (Lipinski definition) is 5. The third-order valence-electron chi connectivity index (χ3n) is 4.81. The van der Waals surface area contributed by atoms with Crippen molar-refractivity contribution in [2.75, 3.05) is 6.54 Å². The number of rotatable bonds is 14. The van der Waals surface area contributed by atoms with Gasteiger partial charge in [0.15, 0.2) is 0 Å². The van der Waals surface area contributed by atoms with E-state index in [1.165, 1.54) is 0 Å². The molecule has 2 aromatic rings. The minimum absolute atomic E-state index is 0.0231. The molecular weight excluding hydrogens is 446 g/mol. The fraction of sp³-hybridized carbons (Fsp3) is 0.364. The van der Waals surface area contributed by atoms with E-state index in [1.807, 2.05) is 29.2 Å². The van der Waals surface area contributed by atoms with Crippen molar-refractivity contribution < 1.29 is 34.5 Å². The topological polar surface area (TPSA) is 182 Å².